The Morgan fingerprint density at radius 2 is 1.76 bits per heavy atom. The van der Waals surface area contributed by atoms with Gasteiger partial charge in [0, 0.05) is 11.8 Å². The maximum atomic E-state index is 13.3. The first-order chi connectivity index (χ1) is 13.5. The molecule has 12 nitrogen and oxygen atoms in total. The highest BCUT2D eigenvalue weighted by Gasteiger charge is 2.52. The molecule has 158 valence electrons. The predicted octanol–water partition coefficient (Wildman–Crippen LogP) is -1.35. The normalized spacial score (nSPS) is 27.5. The number of aliphatic carboxylic acids is 1. The second kappa shape index (κ2) is 7.61. The van der Waals surface area contributed by atoms with Gasteiger partial charge in [-0.25, -0.2) is 17.5 Å². The van der Waals surface area contributed by atoms with Crippen LogP contribution in [0, 0.1) is 6.92 Å². The largest absolute Gasteiger partial charge is 0.479 e. The van der Waals surface area contributed by atoms with Crippen molar-refractivity contribution in [1.82, 2.24) is 5.16 Å². The number of rotatable bonds is 5. The third kappa shape index (κ3) is 3.77. The Morgan fingerprint density at radius 1 is 1.14 bits per heavy atom. The third-order valence-electron chi connectivity index (χ3n) is 4.34. The highest BCUT2D eigenvalue weighted by Crippen LogP contribution is 2.32. The summed E-state index contributed by atoms with van der Waals surface area (Å²) in [5.74, 6) is -1.76. The summed E-state index contributed by atoms with van der Waals surface area (Å²) in [6.45, 7) is 1.49. The molecule has 0 aliphatic carbocycles. The Hall–Kier alpha value is -2.71. The molecule has 0 spiro atoms. The molecule has 1 aromatic heterocycles. The van der Waals surface area contributed by atoms with Gasteiger partial charge >= 0.3 is 5.97 Å². The van der Waals surface area contributed by atoms with E-state index in [9.17, 15) is 33.6 Å². The minimum absolute atomic E-state index is 0.221. The molecule has 1 aliphatic rings. The molecule has 3 rings (SSSR count). The lowest BCUT2D eigenvalue weighted by Gasteiger charge is -2.42. The fraction of sp³-hybridized carbons (Fsp3) is 0.375. The molecule has 2 aromatic rings. The summed E-state index contributed by atoms with van der Waals surface area (Å²) in [4.78, 5) is 11.1. The molecule has 5 atom stereocenters. The summed E-state index contributed by atoms with van der Waals surface area (Å²) < 4.78 is 37.1. The van der Waals surface area contributed by atoms with Crippen molar-refractivity contribution in [2.24, 2.45) is 0 Å². The zero-order valence-corrected chi connectivity index (χ0v) is 15.8. The average Bonchev–Trinajstić information content (AvgIpc) is 3.07. The average molecular weight is 429 g/mol. The van der Waals surface area contributed by atoms with E-state index < -0.39 is 46.6 Å². The van der Waals surface area contributed by atoms with E-state index in [0.29, 0.717) is 9.99 Å². The maximum Gasteiger partial charge on any atom is 0.335 e. The number of benzene rings is 1. The molecule has 1 aliphatic heterocycles. The number of carboxylic acid groups (broad SMARTS) is 1. The van der Waals surface area contributed by atoms with Crippen molar-refractivity contribution in [2.45, 2.75) is 42.5 Å². The Balaban J connectivity index is 2.13. The van der Waals surface area contributed by atoms with Crippen LogP contribution in [0.25, 0.3) is 0 Å². The standard InChI is InChI=1S/C16H19N3O9S/c1-7-6-10(18-28-7)19(29(25,26)9-4-2-8(17)3-5-9)15-13(22)11(20)12(21)14(27-15)16(23)24/h2-6,11-15,20-22H,17H2,1H3,(H,23,24)/t11-,12-,13-,14+,15+/m0/s1. The van der Waals surface area contributed by atoms with Crippen molar-refractivity contribution < 1.29 is 42.9 Å². The van der Waals surface area contributed by atoms with Crippen molar-refractivity contribution in [3.05, 3.63) is 36.1 Å². The number of aryl methyl sites for hydroxylation is 1. The SMILES string of the molecule is Cc1cc(N([C@@H]2O[C@@H](C(=O)O)[C@@H](O)[C@H](O)[C@@H]2O)S(=O)(=O)c2ccc(N)cc2)no1. The van der Waals surface area contributed by atoms with Gasteiger partial charge in [0.25, 0.3) is 10.0 Å². The zero-order valence-electron chi connectivity index (χ0n) is 15.0. The van der Waals surface area contributed by atoms with E-state index in [1.807, 2.05) is 0 Å². The molecule has 6 N–H and O–H groups in total. The molecule has 0 saturated carbocycles. The summed E-state index contributed by atoms with van der Waals surface area (Å²) in [6, 6.07) is 6.27. The van der Waals surface area contributed by atoms with Gasteiger partial charge in [-0.3, -0.25) is 0 Å². The van der Waals surface area contributed by atoms with Crippen molar-refractivity contribution in [1.29, 1.82) is 0 Å². The molecule has 0 bridgehead atoms. The molecule has 0 amide bonds. The summed E-state index contributed by atoms with van der Waals surface area (Å²) in [5.41, 5.74) is 5.88. The molecule has 2 heterocycles. The van der Waals surface area contributed by atoms with Crippen LogP contribution in [0.15, 0.2) is 39.8 Å². The molecule has 1 saturated heterocycles. The van der Waals surface area contributed by atoms with E-state index in [0.717, 1.165) is 0 Å². The lowest BCUT2D eigenvalue weighted by molar-refractivity contribution is -0.224. The van der Waals surface area contributed by atoms with E-state index in [1.165, 1.54) is 37.3 Å². The molecule has 1 aromatic carbocycles. The lowest BCUT2D eigenvalue weighted by Crippen LogP contribution is -2.65. The number of aliphatic hydroxyl groups is 3. The Morgan fingerprint density at radius 3 is 2.28 bits per heavy atom. The topological polar surface area (TPSA) is 197 Å². The minimum atomic E-state index is -4.50. The number of nitrogen functional groups attached to an aromatic ring is 1. The van der Waals surface area contributed by atoms with E-state index in [-0.39, 0.29) is 16.5 Å². The summed E-state index contributed by atoms with van der Waals surface area (Å²) >= 11 is 0. The van der Waals surface area contributed by atoms with Gasteiger partial charge in [0.15, 0.2) is 18.1 Å². The molecule has 1 fully saturated rings. The van der Waals surface area contributed by atoms with Gasteiger partial charge < -0.3 is 35.4 Å². The summed E-state index contributed by atoms with van der Waals surface area (Å²) in [5, 5.41) is 43.2. The van der Waals surface area contributed by atoms with Gasteiger partial charge in [0.2, 0.25) is 0 Å². The first-order valence-corrected chi connectivity index (χ1v) is 9.74. The van der Waals surface area contributed by atoms with Crippen LogP contribution in [-0.2, 0) is 19.6 Å². The smallest absolute Gasteiger partial charge is 0.335 e. The van der Waals surface area contributed by atoms with E-state index in [2.05, 4.69) is 5.16 Å². The highest BCUT2D eigenvalue weighted by atomic mass is 32.2. The van der Waals surface area contributed by atoms with Crippen LogP contribution in [0.4, 0.5) is 11.5 Å². The second-order valence-electron chi connectivity index (χ2n) is 6.42. The number of nitrogens with zero attached hydrogens (tertiary/aromatic N) is 2. The maximum absolute atomic E-state index is 13.3. The number of anilines is 2. The molecule has 0 radical (unpaired) electrons. The first-order valence-electron chi connectivity index (χ1n) is 8.30. The minimum Gasteiger partial charge on any atom is -0.479 e. The van der Waals surface area contributed by atoms with Crippen LogP contribution >= 0.6 is 0 Å². The Labute approximate surface area is 164 Å². The van der Waals surface area contributed by atoms with E-state index >= 15 is 0 Å². The highest BCUT2D eigenvalue weighted by molar-refractivity contribution is 7.92. The van der Waals surface area contributed by atoms with Crippen molar-refractivity contribution in [3.63, 3.8) is 0 Å². The Kier molecular flexibility index (Phi) is 5.51. The fourth-order valence-electron chi connectivity index (χ4n) is 2.86. The number of carboxylic acids is 1. The van der Waals surface area contributed by atoms with Gasteiger partial charge in [-0.1, -0.05) is 5.16 Å². The first kappa shape index (κ1) is 21.0. The van der Waals surface area contributed by atoms with Gasteiger partial charge in [0.05, 0.1) is 4.90 Å². The molecular formula is C16H19N3O9S. The van der Waals surface area contributed by atoms with Crippen LogP contribution in [0.3, 0.4) is 0 Å². The van der Waals surface area contributed by atoms with Gasteiger partial charge in [-0.15, -0.1) is 0 Å². The van der Waals surface area contributed by atoms with Crippen molar-refractivity contribution in [3.8, 4) is 0 Å². The number of nitrogens with two attached hydrogens (primary N) is 1. The number of hydrogen-bond acceptors (Lipinski definition) is 10. The fourth-order valence-corrected chi connectivity index (χ4v) is 4.35. The number of aliphatic hydroxyl groups excluding tert-OH is 3. The molecule has 13 heteroatoms. The van der Waals surface area contributed by atoms with Gasteiger partial charge in [-0.05, 0) is 31.2 Å². The number of aromatic nitrogens is 1. The van der Waals surface area contributed by atoms with Crippen molar-refractivity contribution >= 4 is 27.5 Å². The van der Waals surface area contributed by atoms with Crippen LogP contribution in [0.1, 0.15) is 5.76 Å². The summed E-state index contributed by atoms with van der Waals surface area (Å²) in [6.07, 6.45) is -9.93. The number of hydrogen-bond donors (Lipinski definition) is 5. The third-order valence-corrected chi connectivity index (χ3v) is 6.12. The zero-order chi connectivity index (χ0) is 21.5. The quantitative estimate of drug-likeness (QED) is 0.352. The molecule has 29 heavy (non-hydrogen) atoms. The number of sulfonamides is 1. The van der Waals surface area contributed by atoms with Crippen LogP contribution in [0.5, 0.6) is 0 Å². The number of carbonyl (C=O) groups is 1. The van der Waals surface area contributed by atoms with Crippen LogP contribution in [-0.4, -0.2) is 70.6 Å². The van der Waals surface area contributed by atoms with E-state index in [4.69, 9.17) is 15.0 Å². The van der Waals surface area contributed by atoms with E-state index in [1.54, 1.807) is 0 Å². The number of ether oxygens (including phenoxy) is 1. The lowest BCUT2D eigenvalue weighted by atomic mass is 9.98. The predicted molar refractivity (Wildman–Crippen MR) is 96.1 cm³/mol. The second-order valence-corrected chi connectivity index (χ2v) is 8.24. The monoisotopic (exact) mass is 429 g/mol. The van der Waals surface area contributed by atoms with Crippen molar-refractivity contribution in [2.75, 3.05) is 10.0 Å². The van der Waals surface area contributed by atoms with Crippen LogP contribution < -0.4 is 10.0 Å². The molecule has 0 unspecified atom stereocenters. The van der Waals surface area contributed by atoms with Gasteiger partial charge in [-0.2, -0.15) is 0 Å². The molecular weight excluding hydrogens is 410 g/mol. The summed E-state index contributed by atoms with van der Waals surface area (Å²) in [7, 11) is -4.50. The van der Waals surface area contributed by atoms with Crippen LogP contribution in [0.2, 0.25) is 0 Å². The van der Waals surface area contributed by atoms with Gasteiger partial charge in [0.1, 0.15) is 24.1 Å². The Bertz CT molecular complexity index is 991.